The fourth-order valence-corrected chi connectivity index (χ4v) is 0. The van der Waals surface area contributed by atoms with E-state index in [9.17, 15) is 0 Å². The first kappa shape index (κ1) is 15.7. The molecule has 0 aromatic rings. The second-order valence-electron chi connectivity index (χ2n) is 1.04. The van der Waals surface area contributed by atoms with Crippen LogP contribution in [0.3, 0.4) is 0 Å². The Kier molecular flexibility index (Phi) is 17.4. The van der Waals surface area contributed by atoms with E-state index in [1.807, 2.05) is 0 Å². The number of hydrogen-bond acceptors (Lipinski definition) is 2. The molecule has 5 nitrogen and oxygen atoms in total. The van der Waals surface area contributed by atoms with Gasteiger partial charge in [0, 0.05) is 20.0 Å². The van der Waals surface area contributed by atoms with Gasteiger partial charge < -0.3 is 10.2 Å². The van der Waals surface area contributed by atoms with Crippen molar-refractivity contribution >= 4 is 11.9 Å². The monoisotopic (exact) mass is 134 g/mol. The van der Waals surface area contributed by atoms with E-state index in [1.165, 1.54) is 0 Å². The van der Waals surface area contributed by atoms with Gasteiger partial charge in [0.15, 0.2) is 0 Å². The molecule has 0 aliphatic heterocycles. The van der Waals surface area contributed by atoms with E-state index in [2.05, 4.69) is 0 Å². The van der Waals surface area contributed by atoms with Gasteiger partial charge in [-0.05, 0) is 0 Å². The molecule has 0 aliphatic rings. The number of hydrogen-bond donors (Lipinski definition) is 2. The smallest absolute Gasteiger partial charge is 0.300 e. The molecule has 0 amide bonds. The number of carboxylic acid groups (broad SMARTS) is 2. The summed E-state index contributed by atoms with van der Waals surface area (Å²) in [4.78, 5) is 18.0. The predicted octanol–water partition coefficient (Wildman–Crippen LogP) is -0.299. The van der Waals surface area contributed by atoms with Gasteiger partial charge in [-0.15, -0.1) is 0 Å². The lowest BCUT2D eigenvalue weighted by Gasteiger charge is -1.59. The van der Waals surface area contributed by atoms with Crippen LogP contribution in [0.15, 0.2) is 0 Å². The summed E-state index contributed by atoms with van der Waals surface area (Å²) in [6, 6.07) is 0. The number of carboxylic acids is 2. The van der Waals surface area contributed by atoms with Gasteiger partial charge in [-0.25, -0.2) is 0 Å². The van der Waals surface area contributed by atoms with Gasteiger partial charge in [0.05, 0.1) is 0 Å². The highest BCUT2D eigenvalue weighted by Crippen LogP contribution is 1.42. The Morgan fingerprint density at radius 3 is 1.00 bits per heavy atom. The summed E-state index contributed by atoms with van der Waals surface area (Å²) >= 11 is 0. The highest BCUT2D eigenvalue weighted by Gasteiger charge is 1.65. The van der Waals surface area contributed by atoms with E-state index >= 15 is 0 Å². The lowest BCUT2D eigenvalue weighted by Crippen LogP contribution is -1.78. The van der Waals surface area contributed by atoms with Crippen LogP contribution in [0.4, 0.5) is 0 Å². The number of rotatable bonds is 0. The molecule has 0 rings (SSSR count). The minimum Gasteiger partial charge on any atom is -0.481 e. The quantitative estimate of drug-likeness (QED) is 0.474. The highest BCUT2D eigenvalue weighted by atomic mass is 16.4. The minimum atomic E-state index is -0.833. The summed E-state index contributed by atoms with van der Waals surface area (Å²) < 4.78 is 0. The fourth-order valence-electron chi connectivity index (χ4n) is 0. The van der Waals surface area contributed by atoms with Gasteiger partial charge in [-0.2, -0.15) is 0 Å². The molecule has 0 aromatic carbocycles. The first-order valence-corrected chi connectivity index (χ1v) is 1.86. The van der Waals surface area contributed by atoms with Gasteiger partial charge >= 0.3 is 0 Å². The van der Waals surface area contributed by atoms with Crippen molar-refractivity contribution in [2.75, 3.05) is 0 Å². The fraction of sp³-hybridized carbons (Fsp3) is 0.500. The van der Waals surface area contributed by atoms with Crippen molar-refractivity contribution in [1.29, 1.82) is 0 Å². The van der Waals surface area contributed by atoms with Crippen LogP contribution in [0.5, 0.6) is 0 Å². The van der Waals surface area contributed by atoms with Gasteiger partial charge in [-0.1, -0.05) is 0 Å². The van der Waals surface area contributed by atoms with Crippen LogP contribution < -0.4 is 6.15 Å². The van der Waals surface area contributed by atoms with Gasteiger partial charge in [-0.3, -0.25) is 9.59 Å². The molecule has 0 saturated carbocycles. The Labute approximate surface area is 52.9 Å². The summed E-state index contributed by atoms with van der Waals surface area (Å²) in [5.74, 6) is -1.67. The molecule has 3 radical (unpaired) electrons. The largest absolute Gasteiger partial charge is 0.481 e. The average molecular weight is 134 g/mol. The Balaban J connectivity index is -0.0000000720. The molecular weight excluding hydrogens is 126 g/mol. The zero-order valence-electron chi connectivity index (χ0n) is 5.16. The molecule has 0 saturated heterocycles. The molecule has 0 atom stereocenters. The Morgan fingerprint density at radius 2 is 1.00 bits per heavy atom. The van der Waals surface area contributed by atoms with E-state index in [4.69, 9.17) is 19.8 Å². The molecule has 0 bridgehead atoms. The number of carbonyl (C=O) groups is 2. The van der Waals surface area contributed by atoms with E-state index in [0.717, 1.165) is 13.8 Å². The predicted molar refractivity (Wildman–Crippen MR) is 28.8 cm³/mol. The summed E-state index contributed by atoms with van der Waals surface area (Å²) in [5, 5.41) is 14.8. The maximum absolute atomic E-state index is 9.00. The second-order valence-corrected chi connectivity index (χ2v) is 1.04. The topological polar surface area (TPSA) is 105 Å². The van der Waals surface area contributed by atoms with Crippen molar-refractivity contribution in [2.45, 2.75) is 13.8 Å². The Morgan fingerprint density at radius 1 is 1.00 bits per heavy atom. The third-order valence-electron chi connectivity index (χ3n) is 0. The van der Waals surface area contributed by atoms with E-state index < -0.39 is 11.9 Å². The SMILES string of the molecule is CC(=O)O.CC(=O)O.[N]. The Hall–Kier alpha value is -1.10. The maximum atomic E-state index is 9.00. The van der Waals surface area contributed by atoms with Gasteiger partial charge in [0.2, 0.25) is 0 Å². The Bertz CT molecular complexity index is 70.6. The molecule has 0 heterocycles. The summed E-state index contributed by atoms with van der Waals surface area (Å²) in [7, 11) is 0. The molecule has 2 N–H and O–H groups in total. The molecule has 9 heavy (non-hydrogen) atoms. The molecule has 5 heteroatoms. The zero-order valence-corrected chi connectivity index (χ0v) is 5.16. The third kappa shape index (κ3) is 137. The number of aliphatic carboxylic acids is 2. The average Bonchev–Trinajstić information content (AvgIpc) is 1.25. The summed E-state index contributed by atoms with van der Waals surface area (Å²) in [5.41, 5.74) is 0. The van der Waals surface area contributed by atoms with Crippen LogP contribution in [0.2, 0.25) is 0 Å². The van der Waals surface area contributed by atoms with Gasteiger partial charge in [0.25, 0.3) is 11.9 Å². The van der Waals surface area contributed by atoms with E-state index in [1.54, 1.807) is 0 Å². The van der Waals surface area contributed by atoms with Crippen LogP contribution >= 0.6 is 0 Å². The lowest BCUT2D eigenvalue weighted by atomic mass is 10.9. The van der Waals surface area contributed by atoms with Crippen LogP contribution in [0, 0.1) is 0 Å². The first-order valence-electron chi connectivity index (χ1n) is 1.86. The highest BCUT2D eigenvalue weighted by molar-refractivity contribution is 5.63. The van der Waals surface area contributed by atoms with Crippen molar-refractivity contribution < 1.29 is 19.8 Å². The molecule has 0 unspecified atom stereocenters. The molecule has 53 valence electrons. The van der Waals surface area contributed by atoms with E-state index in [-0.39, 0.29) is 6.15 Å². The third-order valence-corrected chi connectivity index (χ3v) is 0. The van der Waals surface area contributed by atoms with Crippen LogP contribution in [-0.2, 0) is 9.59 Å². The number of nitrogens with zero attached hydrogens (tertiary/aromatic N) is 1. The standard InChI is InChI=1S/2C2H4O2.N/c2*1-2(3)4;/h2*1H3,(H,3,4);. The minimum absolute atomic E-state index is 0. The van der Waals surface area contributed by atoms with Crippen molar-refractivity contribution in [2.24, 2.45) is 0 Å². The van der Waals surface area contributed by atoms with Crippen molar-refractivity contribution in [3.63, 3.8) is 0 Å². The van der Waals surface area contributed by atoms with Crippen LogP contribution in [-0.4, -0.2) is 22.2 Å². The normalized spacial score (nSPS) is 5.56. The molecule has 0 fully saturated rings. The van der Waals surface area contributed by atoms with E-state index in [0.29, 0.717) is 0 Å². The van der Waals surface area contributed by atoms with Crippen LogP contribution in [0.25, 0.3) is 0 Å². The summed E-state index contributed by atoms with van der Waals surface area (Å²) in [6.45, 7) is 2.17. The maximum Gasteiger partial charge on any atom is 0.300 e. The molecule has 0 aliphatic carbocycles. The first-order chi connectivity index (χ1) is 3.46. The lowest BCUT2D eigenvalue weighted by molar-refractivity contribution is -0.135. The van der Waals surface area contributed by atoms with Crippen molar-refractivity contribution in [3.05, 3.63) is 0 Å². The van der Waals surface area contributed by atoms with Crippen molar-refractivity contribution in [1.82, 2.24) is 6.15 Å². The van der Waals surface area contributed by atoms with Crippen molar-refractivity contribution in [3.8, 4) is 0 Å². The molecular formula is C4H8NO4. The van der Waals surface area contributed by atoms with Gasteiger partial charge in [0.1, 0.15) is 0 Å². The second kappa shape index (κ2) is 10.0. The van der Waals surface area contributed by atoms with Crippen LogP contribution in [0.1, 0.15) is 13.8 Å². The zero-order chi connectivity index (χ0) is 7.15. The summed E-state index contributed by atoms with van der Waals surface area (Å²) in [6.07, 6.45) is 0. The molecule has 0 aromatic heterocycles. The molecule has 0 spiro atoms.